The number of rotatable bonds is 11. The lowest BCUT2D eigenvalue weighted by molar-refractivity contribution is -0.924. The van der Waals surface area contributed by atoms with Crippen LogP contribution in [0.5, 0.6) is 0 Å². The third-order valence-corrected chi connectivity index (χ3v) is 3.64. The summed E-state index contributed by atoms with van der Waals surface area (Å²) >= 11 is 0. The standard InChI is InChI=1S/C16H31N2.BrH/c1-5-8-11-18(12-9-6-2,13-10-7-3)15-16(4)14-17;/h4-13,15H2,1-3H3;1H/q+1;/p-1. The van der Waals surface area contributed by atoms with Gasteiger partial charge in [0, 0.05) is 0 Å². The molecule has 2 nitrogen and oxygen atoms in total. The molecule has 0 spiro atoms. The Kier molecular flexibility index (Phi) is 14.0. The van der Waals surface area contributed by atoms with Crippen LogP contribution in [0, 0.1) is 11.3 Å². The van der Waals surface area contributed by atoms with E-state index >= 15 is 0 Å². The first-order valence-corrected chi connectivity index (χ1v) is 7.57. The molecule has 0 radical (unpaired) electrons. The van der Waals surface area contributed by atoms with Crippen LogP contribution >= 0.6 is 0 Å². The highest BCUT2D eigenvalue weighted by atomic mass is 79.9. The Morgan fingerprint density at radius 2 is 1.32 bits per heavy atom. The number of unbranched alkanes of at least 4 members (excludes halogenated alkanes) is 3. The van der Waals surface area contributed by atoms with E-state index in [-0.39, 0.29) is 17.0 Å². The molecule has 0 saturated heterocycles. The fourth-order valence-corrected chi connectivity index (χ4v) is 2.49. The van der Waals surface area contributed by atoms with Gasteiger partial charge in [-0.2, -0.15) is 5.26 Å². The van der Waals surface area contributed by atoms with E-state index in [0.29, 0.717) is 0 Å². The van der Waals surface area contributed by atoms with Crippen LogP contribution < -0.4 is 17.0 Å². The van der Waals surface area contributed by atoms with Gasteiger partial charge >= 0.3 is 0 Å². The van der Waals surface area contributed by atoms with Crippen molar-refractivity contribution in [3.63, 3.8) is 0 Å². The van der Waals surface area contributed by atoms with Crippen LogP contribution in [0.3, 0.4) is 0 Å². The summed E-state index contributed by atoms with van der Waals surface area (Å²) in [6, 6.07) is 2.24. The van der Waals surface area contributed by atoms with E-state index in [2.05, 4.69) is 33.4 Å². The molecular weight excluding hydrogens is 300 g/mol. The minimum Gasteiger partial charge on any atom is -1.00 e. The molecule has 0 amide bonds. The fourth-order valence-electron chi connectivity index (χ4n) is 2.49. The van der Waals surface area contributed by atoms with Gasteiger partial charge in [0.05, 0.1) is 31.3 Å². The van der Waals surface area contributed by atoms with E-state index in [9.17, 15) is 0 Å². The lowest BCUT2D eigenvalue weighted by Crippen LogP contribution is -3.00. The van der Waals surface area contributed by atoms with Crippen LogP contribution in [0.2, 0.25) is 0 Å². The molecule has 19 heavy (non-hydrogen) atoms. The molecule has 0 aliphatic heterocycles. The van der Waals surface area contributed by atoms with Crippen molar-refractivity contribution >= 4 is 0 Å². The first kappa shape index (κ1) is 21.0. The molecule has 0 rings (SSSR count). The van der Waals surface area contributed by atoms with E-state index in [4.69, 9.17) is 5.26 Å². The minimum absolute atomic E-state index is 0. The Bertz CT molecular complexity index is 247. The van der Waals surface area contributed by atoms with Gasteiger partial charge in [0.1, 0.15) is 6.54 Å². The summed E-state index contributed by atoms with van der Waals surface area (Å²) in [6.45, 7) is 15.1. The SMILES string of the molecule is C=C(C#N)C[N+](CCCC)(CCCC)CCCC.[Br-]. The topological polar surface area (TPSA) is 23.8 Å². The fraction of sp³-hybridized carbons (Fsp3) is 0.812. The predicted molar refractivity (Wildman–Crippen MR) is 79.2 cm³/mol. The highest BCUT2D eigenvalue weighted by Crippen LogP contribution is 2.17. The molecule has 0 saturated carbocycles. The van der Waals surface area contributed by atoms with E-state index < -0.39 is 0 Å². The Balaban J connectivity index is 0. The molecule has 0 unspecified atom stereocenters. The molecule has 0 heterocycles. The number of halogens is 1. The maximum Gasteiger partial charge on any atom is 0.114 e. The van der Waals surface area contributed by atoms with E-state index in [1.807, 2.05) is 0 Å². The summed E-state index contributed by atoms with van der Waals surface area (Å²) in [5.41, 5.74) is 0.748. The number of nitriles is 1. The zero-order valence-corrected chi connectivity index (χ0v) is 14.6. The monoisotopic (exact) mass is 330 g/mol. The average molecular weight is 331 g/mol. The average Bonchev–Trinajstić information content (AvgIpc) is 2.40. The molecule has 0 atom stereocenters. The number of hydrogen-bond donors (Lipinski definition) is 0. The summed E-state index contributed by atoms with van der Waals surface area (Å²) in [5.74, 6) is 0. The van der Waals surface area contributed by atoms with Gasteiger partial charge in [-0.1, -0.05) is 46.6 Å². The van der Waals surface area contributed by atoms with Gasteiger partial charge in [-0.05, 0) is 19.3 Å². The first-order chi connectivity index (χ1) is 8.64. The van der Waals surface area contributed by atoms with Gasteiger partial charge in [0.15, 0.2) is 0 Å². The van der Waals surface area contributed by atoms with Gasteiger partial charge in [-0.3, -0.25) is 0 Å². The minimum atomic E-state index is 0. The van der Waals surface area contributed by atoms with Crippen molar-refractivity contribution < 1.29 is 21.5 Å². The van der Waals surface area contributed by atoms with Crippen LogP contribution in [0.25, 0.3) is 0 Å². The predicted octanol–water partition coefficient (Wildman–Crippen LogP) is 1.29. The normalized spacial score (nSPS) is 10.6. The maximum absolute atomic E-state index is 9.01. The van der Waals surface area contributed by atoms with Gasteiger partial charge in [-0.25, -0.2) is 0 Å². The van der Waals surface area contributed by atoms with E-state index in [1.54, 1.807) is 0 Å². The molecule has 0 aromatic heterocycles. The highest BCUT2D eigenvalue weighted by Gasteiger charge is 2.26. The van der Waals surface area contributed by atoms with Crippen LogP contribution in [0.4, 0.5) is 0 Å². The van der Waals surface area contributed by atoms with Crippen LogP contribution in [-0.4, -0.2) is 30.7 Å². The smallest absolute Gasteiger partial charge is 0.114 e. The van der Waals surface area contributed by atoms with Crippen LogP contribution in [-0.2, 0) is 0 Å². The molecular formula is C16H31BrN2. The van der Waals surface area contributed by atoms with Gasteiger partial charge in [0.25, 0.3) is 0 Å². The van der Waals surface area contributed by atoms with Crippen LogP contribution in [0.15, 0.2) is 12.2 Å². The van der Waals surface area contributed by atoms with Crippen molar-refractivity contribution in [1.82, 2.24) is 0 Å². The number of quaternary nitrogens is 1. The molecule has 0 N–H and O–H groups in total. The summed E-state index contributed by atoms with van der Waals surface area (Å²) < 4.78 is 1.09. The van der Waals surface area contributed by atoms with Crippen molar-refractivity contribution in [2.45, 2.75) is 59.3 Å². The van der Waals surface area contributed by atoms with Crippen molar-refractivity contribution in [3.8, 4) is 6.07 Å². The lowest BCUT2D eigenvalue weighted by Gasteiger charge is -2.39. The zero-order chi connectivity index (χ0) is 13.9. The Morgan fingerprint density at radius 1 is 0.947 bits per heavy atom. The number of hydrogen-bond acceptors (Lipinski definition) is 1. The second-order valence-electron chi connectivity index (χ2n) is 5.45. The van der Waals surface area contributed by atoms with Crippen molar-refractivity contribution in [1.29, 1.82) is 5.26 Å². The summed E-state index contributed by atoms with van der Waals surface area (Å²) in [7, 11) is 0. The van der Waals surface area contributed by atoms with Crippen molar-refractivity contribution in [3.05, 3.63) is 12.2 Å². The summed E-state index contributed by atoms with van der Waals surface area (Å²) in [6.07, 6.45) is 7.47. The molecule has 3 heteroatoms. The van der Waals surface area contributed by atoms with Crippen molar-refractivity contribution in [2.24, 2.45) is 0 Å². The molecule has 0 aliphatic rings. The van der Waals surface area contributed by atoms with Gasteiger partial charge < -0.3 is 21.5 Å². The second kappa shape index (κ2) is 12.7. The van der Waals surface area contributed by atoms with Crippen molar-refractivity contribution in [2.75, 3.05) is 26.2 Å². The lowest BCUT2D eigenvalue weighted by atomic mass is 10.1. The van der Waals surface area contributed by atoms with E-state index in [1.165, 1.54) is 58.2 Å². The Hall–Kier alpha value is -0.330. The maximum atomic E-state index is 9.01. The van der Waals surface area contributed by atoms with Gasteiger partial charge in [-0.15, -0.1) is 0 Å². The van der Waals surface area contributed by atoms with Gasteiger partial charge in [0.2, 0.25) is 0 Å². The third kappa shape index (κ3) is 9.24. The zero-order valence-electron chi connectivity index (χ0n) is 13.1. The third-order valence-electron chi connectivity index (χ3n) is 3.64. The quantitative estimate of drug-likeness (QED) is 0.413. The second-order valence-corrected chi connectivity index (χ2v) is 5.45. The first-order valence-electron chi connectivity index (χ1n) is 7.57. The Labute approximate surface area is 130 Å². The molecule has 0 fully saturated rings. The summed E-state index contributed by atoms with van der Waals surface area (Å²) in [5, 5.41) is 9.01. The molecule has 0 aliphatic carbocycles. The number of nitrogens with zero attached hydrogens (tertiary/aromatic N) is 2. The molecule has 112 valence electrons. The molecule has 0 aromatic carbocycles. The van der Waals surface area contributed by atoms with E-state index in [0.717, 1.165) is 16.6 Å². The largest absolute Gasteiger partial charge is 1.00 e. The molecule has 0 aromatic rings. The molecule has 0 bridgehead atoms. The Morgan fingerprint density at radius 3 is 1.58 bits per heavy atom. The summed E-state index contributed by atoms with van der Waals surface area (Å²) in [4.78, 5) is 0. The highest BCUT2D eigenvalue weighted by molar-refractivity contribution is 5.15. The van der Waals surface area contributed by atoms with Crippen LogP contribution in [0.1, 0.15) is 59.3 Å².